The number of aliphatic hydroxyl groups excluding tert-OH is 1. The molecule has 1 amide bonds. The average Bonchev–Trinajstić information content (AvgIpc) is 2.49. The van der Waals surface area contributed by atoms with Crippen LogP contribution in [0.5, 0.6) is 0 Å². The molecule has 0 saturated heterocycles. The Kier molecular flexibility index (Phi) is 5.37. The molecule has 0 unspecified atom stereocenters. The second kappa shape index (κ2) is 7.25. The summed E-state index contributed by atoms with van der Waals surface area (Å²) in [5.74, 6) is -0.0682. The first-order valence-corrected chi connectivity index (χ1v) is 7.32. The first-order chi connectivity index (χ1) is 10.1. The number of amides is 1. The van der Waals surface area contributed by atoms with Crippen LogP contribution >= 0.6 is 11.6 Å². The zero-order valence-electron chi connectivity index (χ0n) is 11.8. The minimum atomic E-state index is -0.832. The fourth-order valence-corrected chi connectivity index (χ4v) is 2.31. The van der Waals surface area contributed by atoms with Crippen LogP contribution in [0.4, 0.5) is 5.69 Å². The molecule has 0 saturated carbocycles. The van der Waals surface area contributed by atoms with Crippen molar-refractivity contribution in [1.82, 2.24) is 0 Å². The van der Waals surface area contributed by atoms with Gasteiger partial charge in [0.15, 0.2) is 0 Å². The van der Waals surface area contributed by atoms with Crippen LogP contribution < -0.4 is 5.32 Å². The third-order valence-corrected chi connectivity index (χ3v) is 3.41. The minimum absolute atomic E-state index is 0.0682. The normalized spacial score (nSPS) is 12.0. The number of anilines is 1. The quantitative estimate of drug-likeness (QED) is 0.871. The fraction of sp³-hybridized carbons (Fsp3) is 0.235. The Bertz CT molecular complexity index is 613. The number of rotatable bonds is 5. The molecule has 0 spiro atoms. The van der Waals surface area contributed by atoms with Crippen molar-refractivity contribution >= 4 is 23.2 Å². The summed E-state index contributed by atoms with van der Waals surface area (Å²) in [6, 6.07) is 14.4. The van der Waals surface area contributed by atoms with E-state index >= 15 is 0 Å². The topological polar surface area (TPSA) is 49.3 Å². The van der Waals surface area contributed by atoms with E-state index in [2.05, 4.69) is 5.32 Å². The number of hydrogen-bond donors (Lipinski definition) is 2. The van der Waals surface area contributed by atoms with E-state index in [-0.39, 0.29) is 5.91 Å². The maximum atomic E-state index is 11.8. The van der Waals surface area contributed by atoms with Crippen LogP contribution in [0, 0.1) is 0 Å². The molecule has 0 radical (unpaired) electrons. The highest BCUT2D eigenvalue weighted by Gasteiger charge is 2.16. The average molecular weight is 304 g/mol. The number of hydrogen-bond acceptors (Lipinski definition) is 2. The van der Waals surface area contributed by atoms with E-state index in [1.165, 1.54) is 0 Å². The predicted molar refractivity (Wildman–Crippen MR) is 85.5 cm³/mol. The van der Waals surface area contributed by atoms with Crippen LogP contribution in [0.1, 0.15) is 37.0 Å². The first-order valence-electron chi connectivity index (χ1n) is 6.94. The lowest BCUT2D eigenvalue weighted by atomic mass is 10.00. The lowest BCUT2D eigenvalue weighted by Crippen LogP contribution is -2.14. The van der Waals surface area contributed by atoms with Gasteiger partial charge >= 0.3 is 0 Å². The van der Waals surface area contributed by atoms with Crippen molar-refractivity contribution in [1.29, 1.82) is 0 Å². The molecule has 0 aliphatic heterocycles. The van der Waals surface area contributed by atoms with Gasteiger partial charge in [-0.1, -0.05) is 48.9 Å². The molecule has 4 heteroatoms. The maximum absolute atomic E-state index is 11.8. The van der Waals surface area contributed by atoms with Crippen LogP contribution in [0.2, 0.25) is 5.02 Å². The molecule has 0 aliphatic carbocycles. The van der Waals surface area contributed by atoms with Crippen molar-refractivity contribution in [3.05, 3.63) is 64.7 Å². The molecule has 3 nitrogen and oxygen atoms in total. The van der Waals surface area contributed by atoms with Gasteiger partial charge in [-0.2, -0.15) is 0 Å². The van der Waals surface area contributed by atoms with Crippen molar-refractivity contribution in [3.8, 4) is 0 Å². The van der Waals surface area contributed by atoms with Gasteiger partial charge in [0.25, 0.3) is 0 Å². The monoisotopic (exact) mass is 303 g/mol. The standard InChI is InChI=1S/C17H18ClNO2/c1-2-6-16(20)19-15-10-9-13(18)11-14(15)17(21)12-7-4-3-5-8-12/h3-5,7-11,17,21H,2,6H2,1H3,(H,19,20)/t17-/m0/s1. The summed E-state index contributed by atoms with van der Waals surface area (Å²) in [4.78, 5) is 11.8. The third-order valence-electron chi connectivity index (χ3n) is 3.17. The highest BCUT2D eigenvalue weighted by atomic mass is 35.5. The molecule has 21 heavy (non-hydrogen) atoms. The van der Waals surface area contributed by atoms with Crippen molar-refractivity contribution in [2.45, 2.75) is 25.9 Å². The molecule has 0 heterocycles. The van der Waals surface area contributed by atoms with Crippen LogP contribution in [-0.2, 0) is 4.79 Å². The van der Waals surface area contributed by atoms with Crippen LogP contribution in [0.15, 0.2) is 48.5 Å². The lowest BCUT2D eigenvalue weighted by Gasteiger charge is -2.17. The number of carbonyl (C=O) groups excluding carboxylic acids is 1. The molecule has 2 aromatic rings. The SMILES string of the molecule is CCCC(=O)Nc1ccc(Cl)cc1[C@@H](O)c1ccccc1. The molecule has 2 aromatic carbocycles. The van der Waals surface area contributed by atoms with Gasteiger partial charge in [-0.3, -0.25) is 4.79 Å². The Morgan fingerprint density at radius 3 is 2.62 bits per heavy atom. The molecule has 2 N–H and O–H groups in total. The van der Waals surface area contributed by atoms with Gasteiger partial charge < -0.3 is 10.4 Å². The van der Waals surface area contributed by atoms with E-state index in [0.29, 0.717) is 22.7 Å². The first kappa shape index (κ1) is 15.5. The number of benzene rings is 2. The van der Waals surface area contributed by atoms with Crippen LogP contribution in [0.25, 0.3) is 0 Å². The van der Waals surface area contributed by atoms with Crippen molar-refractivity contribution in [3.63, 3.8) is 0 Å². The smallest absolute Gasteiger partial charge is 0.224 e. The second-order valence-corrected chi connectivity index (χ2v) is 5.28. The molecule has 1 atom stereocenters. The van der Waals surface area contributed by atoms with Gasteiger partial charge in [-0.15, -0.1) is 0 Å². The van der Waals surface area contributed by atoms with Gasteiger partial charge in [0.2, 0.25) is 5.91 Å². The highest BCUT2D eigenvalue weighted by Crippen LogP contribution is 2.30. The van der Waals surface area contributed by atoms with Crippen molar-refractivity contribution in [2.75, 3.05) is 5.32 Å². The molecule has 0 aliphatic rings. The number of carbonyl (C=O) groups is 1. The summed E-state index contributed by atoms with van der Waals surface area (Å²) in [6.07, 6.45) is 0.390. The Balaban J connectivity index is 2.33. The highest BCUT2D eigenvalue weighted by molar-refractivity contribution is 6.30. The summed E-state index contributed by atoms with van der Waals surface area (Å²) < 4.78 is 0. The minimum Gasteiger partial charge on any atom is -0.384 e. The van der Waals surface area contributed by atoms with Crippen molar-refractivity contribution in [2.24, 2.45) is 0 Å². The third kappa shape index (κ3) is 4.06. The largest absolute Gasteiger partial charge is 0.384 e. The van der Waals surface area contributed by atoms with E-state index in [0.717, 1.165) is 12.0 Å². The van der Waals surface area contributed by atoms with Crippen LogP contribution in [-0.4, -0.2) is 11.0 Å². The Morgan fingerprint density at radius 1 is 1.24 bits per heavy atom. The molecule has 0 fully saturated rings. The summed E-state index contributed by atoms with van der Waals surface area (Å²) in [7, 11) is 0. The molecule has 110 valence electrons. The zero-order valence-corrected chi connectivity index (χ0v) is 12.6. The number of nitrogens with one attached hydrogen (secondary N) is 1. The molecule has 2 rings (SSSR count). The molecule has 0 aromatic heterocycles. The molecule has 0 bridgehead atoms. The van der Waals surface area contributed by atoms with E-state index < -0.39 is 6.10 Å². The Hall–Kier alpha value is -1.84. The van der Waals surface area contributed by atoms with E-state index in [1.54, 1.807) is 18.2 Å². The number of aliphatic hydroxyl groups is 1. The second-order valence-electron chi connectivity index (χ2n) is 4.84. The molecular formula is C17H18ClNO2. The summed E-state index contributed by atoms with van der Waals surface area (Å²) in [6.45, 7) is 1.95. The lowest BCUT2D eigenvalue weighted by molar-refractivity contribution is -0.116. The van der Waals surface area contributed by atoms with E-state index in [1.807, 2.05) is 37.3 Å². The fourth-order valence-electron chi connectivity index (χ4n) is 2.13. The Labute approximate surface area is 129 Å². The van der Waals surface area contributed by atoms with E-state index in [9.17, 15) is 9.90 Å². The summed E-state index contributed by atoms with van der Waals surface area (Å²) >= 11 is 6.02. The summed E-state index contributed by atoms with van der Waals surface area (Å²) in [5, 5.41) is 13.9. The Morgan fingerprint density at radius 2 is 1.95 bits per heavy atom. The van der Waals surface area contributed by atoms with Crippen LogP contribution in [0.3, 0.4) is 0 Å². The van der Waals surface area contributed by atoms with Gasteiger partial charge in [-0.05, 0) is 30.2 Å². The number of halogens is 1. The van der Waals surface area contributed by atoms with Gasteiger partial charge in [0.1, 0.15) is 6.10 Å². The predicted octanol–water partition coefficient (Wildman–Crippen LogP) is 4.16. The van der Waals surface area contributed by atoms with Crippen molar-refractivity contribution < 1.29 is 9.90 Å². The maximum Gasteiger partial charge on any atom is 0.224 e. The van der Waals surface area contributed by atoms with Gasteiger partial charge in [-0.25, -0.2) is 0 Å². The van der Waals surface area contributed by atoms with Gasteiger partial charge in [0, 0.05) is 22.7 Å². The van der Waals surface area contributed by atoms with E-state index in [4.69, 9.17) is 11.6 Å². The van der Waals surface area contributed by atoms with Gasteiger partial charge in [0.05, 0.1) is 0 Å². The molecular weight excluding hydrogens is 286 g/mol. The summed E-state index contributed by atoms with van der Waals surface area (Å²) in [5.41, 5.74) is 1.94. The zero-order chi connectivity index (χ0) is 15.2.